The third-order valence-corrected chi connectivity index (χ3v) is 6.86. The van der Waals surface area contributed by atoms with Crippen LogP contribution in [0, 0.1) is 0 Å². The summed E-state index contributed by atoms with van der Waals surface area (Å²) >= 11 is 0. The minimum Gasteiger partial charge on any atom is -0.380 e. The van der Waals surface area contributed by atoms with Gasteiger partial charge < -0.3 is 25.7 Å². The summed E-state index contributed by atoms with van der Waals surface area (Å²) in [5, 5.41) is 26.5. The highest BCUT2D eigenvalue weighted by Crippen LogP contribution is 2.32. The Kier molecular flexibility index (Phi) is 9.11. The Bertz CT molecular complexity index is 1290. The lowest BCUT2D eigenvalue weighted by Gasteiger charge is -2.28. The molecule has 3 aromatic carbocycles. The third-order valence-electron chi connectivity index (χ3n) is 6.86. The van der Waals surface area contributed by atoms with Crippen molar-refractivity contribution in [3.63, 3.8) is 0 Å². The summed E-state index contributed by atoms with van der Waals surface area (Å²) in [6.07, 6.45) is -2.21. The largest absolute Gasteiger partial charge is 0.380 e. The van der Waals surface area contributed by atoms with Gasteiger partial charge >= 0.3 is 0 Å². The number of rotatable bonds is 9. The normalized spacial score (nSPS) is 16.5. The molecule has 0 unspecified atom stereocenters. The predicted octanol–water partition coefficient (Wildman–Crippen LogP) is 3.19. The molecular formula is C31H35N3O5. The molecule has 204 valence electrons. The van der Waals surface area contributed by atoms with Gasteiger partial charge in [0.2, 0.25) is 0 Å². The van der Waals surface area contributed by atoms with Crippen molar-refractivity contribution >= 4 is 17.7 Å². The van der Waals surface area contributed by atoms with Crippen LogP contribution in [0.4, 0.5) is 0 Å². The fourth-order valence-corrected chi connectivity index (χ4v) is 4.87. The molecule has 3 atom stereocenters. The number of nitrogens with zero attached hydrogens (tertiary/aromatic N) is 1. The van der Waals surface area contributed by atoms with E-state index in [0.29, 0.717) is 12.1 Å². The van der Waals surface area contributed by atoms with Gasteiger partial charge in [0.05, 0.1) is 6.04 Å². The van der Waals surface area contributed by atoms with E-state index >= 15 is 0 Å². The second kappa shape index (κ2) is 12.7. The van der Waals surface area contributed by atoms with Crippen LogP contribution in [-0.4, -0.2) is 57.6 Å². The Hall–Kier alpha value is -4.01. The number of carbonyl (C=O) groups excluding carboxylic acids is 3. The molecule has 1 fully saturated rings. The van der Waals surface area contributed by atoms with Crippen molar-refractivity contribution in [2.24, 2.45) is 0 Å². The molecule has 1 saturated heterocycles. The maximum Gasteiger partial charge on any atom is 0.255 e. The lowest BCUT2D eigenvalue weighted by molar-refractivity contribution is -0.153. The van der Waals surface area contributed by atoms with E-state index in [1.165, 1.54) is 4.90 Å². The monoisotopic (exact) mass is 529 g/mol. The topological polar surface area (TPSA) is 119 Å². The summed E-state index contributed by atoms with van der Waals surface area (Å²) in [5.41, 5.74) is 3.92. The molecule has 3 aromatic rings. The number of aliphatic hydroxyl groups excluding tert-OH is 2. The summed E-state index contributed by atoms with van der Waals surface area (Å²) in [6.45, 7) is 4.37. The first-order chi connectivity index (χ1) is 18.8. The zero-order chi connectivity index (χ0) is 27.9. The van der Waals surface area contributed by atoms with E-state index in [1.54, 1.807) is 6.07 Å². The van der Waals surface area contributed by atoms with Crippen LogP contribution < -0.4 is 10.6 Å². The van der Waals surface area contributed by atoms with Crippen molar-refractivity contribution in [2.45, 2.75) is 57.5 Å². The van der Waals surface area contributed by atoms with Gasteiger partial charge in [-0.1, -0.05) is 72.8 Å². The highest BCUT2D eigenvalue weighted by atomic mass is 16.3. The number of benzene rings is 3. The molecule has 0 saturated carbocycles. The van der Waals surface area contributed by atoms with Crippen molar-refractivity contribution < 1.29 is 24.6 Å². The molecule has 8 nitrogen and oxygen atoms in total. The molecular weight excluding hydrogens is 494 g/mol. The first-order valence-corrected chi connectivity index (χ1v) is 13.2. The first kappa shape index (κ1) is 28.0. The molecule has 1 aliphatic heterocycles. The Balaban J connectivity index is 1.35. The van der Waals surface area contributed by atoms with Crippen LogP contribution in [-0.2, 0) is 16.1 Å². The third kappa shape index (κ3) is 6.71. The second-order valence-corrected chi connectivity index (χ2v) is 10.1. The SMILES string of the molecule is CC(C)NC(=O)c1ccccc1-c1ccc(CNC(=O)[C@H](O)[C@@H](O)C(=O)N2CCC[C@@H]2c2ccccc2)cc1. The summed E-state index contributed by atoms with van der Waals surface area (Å²) in [5.74, 6) is -1.64. The van der Waals surface area contributed by atoms with Gasteiger partial charge in [0.1, 0.15) is 0 Å². The number of hydrogen-bond donors (Lipinski definition) is 4. The van der Waals surface area contributed by atoms with E-state index in [9.17, 15) is 24.6 Å². The molecule has 4 N–H and O–H groups in total. The van der Waals surface area contributed by atoms with Crippen LogP contribution in [0.15, 0.2) is 78.9 Å². The van der Waals surface area contributed by atoms with Crippen LogP contribution in [0.25, 0.3) is 11.1 Å². The van der Waals surface area contributed by atoms with Crippen LogP contribution >= 0.6 is 0 Å². The minimum atomic E-state index is -1.89. The van der Waals surface area contributed by atoms with E-state index in [2.05, 4.69) is 10.6 Å². The van der Waals surface area contributed by atoms with Gasteiger partial charge in [0, 0.05) is 24.7 Å². The molecule has 0 aromatic heterocycles. The Morgan fingerprint density at radius 1 is 0.897 bits per heavy atom. The minimum absolute atomic E-state index is 0.0151. The first-order valence-electron chi connectivity index (χ1n) is 13.2. The lowest BCUT2D eigenvalue weighted by Crippen LogP contribution is -2.50. The molecule has 3 amide bonds. The molecule has 0 radical (unpaired) electrons. The van der Waals surface area contributed by atoms with E-state index < -0.39 is 24.0 Å². The van der Waals surface area contributed by atoms with Crippen molar-refractivity contribution in [3.8, 4) is 11.1 Å². The number of amides is 3. The van der Waals surface area contributed by atoms with Gasteiger partial charge in [-0.15, -0.1) is 0 Å². The zero-order valence-electron chi connectivity index (χ0n) is 22.2. The fourth-order valence-electron chi connectivity index (χ4n) is 4.87. The highest BCUT2D eigenvalue weighted by Gasteiger charge is 2.38. The van der Waals surface area contributed by atoms with Gasteiger partial charge in [-0.2, -0.15) is 0 Å². The van der Waals surface area contributed by atoms with Gasteiger partial charge in [-0.05, 0) is 55.0 Å². The molecule has 4 rings (SSSR count). The zero-order valence-corrected chi connectivity index (χ0v) is 22.2. The van der Waals surface area contributed by atoms with E-state index in [-0.39, 0.29) is 24.5 Å². The average Bonchev–Trinajstić information content (AvgIpc) is 3.45. The fraction of sp³-hybridized carbons (Fsp3) is 0.323. The summed E-state index contributed by atoms with van der Waals surface area (Å²) in [7, 11) is 0. The Morgan fingerprint density at radius 3 is 2.26 bits per heavy atom. The lowest BCUT2D eigenvalue weighted by atomic mass is 9.98. The summed E-state index contributed by atoms with van der Waals surface area (Å²) < 4.78 is 0. The van der Waals surface area contributed by atoms with E-state index in [4.69, 9.17) is 0 Å². The number of aliphatic hydroxyl groups is 2. The van der Waals surface area contributed by atoms with Crippen molar-refractivity contribution in [1.29, 1.82) is 0 Å². The number of carbonyl (C=O) groups is 3. The van der Waals surface area contributed by atoms with Crippen LogP contribution in [0.1, 0.15) is 54.2 Å². The van der Waals surface area contributed by atoms with Gasteiger partial charge in [-0.3, -0.25) is 14.4 Å². The van der Waals surface area contributed by atoms with Crippen molar-refractivity contribution in [2.75, 3.05) is 6.54 Å². The maximum absolute atomic E-state index is 13.0. The Labute approximate surface area is 228 Å². The smallest absolute Gasteiger partial charge is 0.255 e. The molecule has 0 bridgehead atoms. The van der Waals surface area contributed by atoms with Crippen LogP contribution in [0.3, 0.4) is 0 Å². The van der Waals surface area contributed by atoms with E-state index in [1.807, 2.05) is 86.6 Å². The molecule has 0 aliphatic carbocycles. The Morgan fingerprint density at radius 2 is 1.56 bits per heavy atom. The number of nitrogens with one attached hydrogen (secondary N) is 2. The van der Waals surface area contributed by atoms with Gasteiger partial charge in [-0.25, -0.2) is 0 Å². The molecule has 8 heteroatoms. The molecule has 1 heterocycles. The summed E-state index contributed by atoms with van der Waals surface area (Å²) in [4.78, 5) is 39.7. The maximum atomic E-state index is 13.0. The van der Waals surface area contributed by atoms with Crippen LogP contribution in [0.5, 0.6) is 0 Å². The second-order valence-electron chi connectivity index (χ2n) is 10.1. The van der Waals surface area contributed by atoms with Crippen molar-refractivity contribution in [3.05, 3.63) is 95.6 Å². The average molecular weight is 530 g/mol. The van der Waals surface area contributed by atoms with Gasteiger partial charge in [0.15, 0.2) is 12.2 Å². The molecule has 39 heavy (non-hydrogen) atoms. The summed E-state index contributed by atoms with van der Waals surface area (Å²) in [6, 6.07) is 24.0. The quantitative estimate of drug-likeness (QED) is 0.340. The highest BCUT2D eigenvalue weighted by molar-refractivity contribution is 6.01. The number of likely N-dealkylation sites (tertiary alicyclic amines) is 1. The molecule has 0 spiro atoms. The van der Waals surface area contributed by atoms with E-state index in [0.717, 1.165) is 35.1 Å². The van der Waals surface area contributed by atoms with Crippen molar-refractivity contribution in [1.82, 2.24) is 15.5 Å². The molecule has 1 aliphatic rings. The number of hydrogen-bond acceptors (Lipinski definition) is 5. The standard InChI is InChI=1S/C31H35N3O5/c1-20(2)33-29(37)25-12-7-6-11-24(25)22-16-14-21(15-17-22)19-32-30(38)27(35)28(36)31(39)34-18-8-13-26(34)23-9-4-3-5-10-23/h3-7,9-12,14-17,20,26-28,35-36H,8,13,18-19H2,1-2H3,(H,32,38)(H,33,37)/t26-,27-,28-/m1/s1. The van der Waals surface area contributed by atoms with Crippen LogP contribution in [0.2, 0.25) is 0 Å². The predicted molar refractivity (Wildman–Crippen MR) is 148 cm³/mol. The van der Waals surface area contributed by atoms with Gasteiger partial charge in [0.25, 0.3) is 17.7 Å².